The lowest BCUT2D eigenvalue weighted by molar-refractivity contribution is -0.116. The van der Waals surface area contributed by atoms with Gasteiger partial charge in [-0.2, -0.15) is 0 Å². The second kappa shape index (κ2) is 9.49. The van der Waals surface area contributed by atoms with Crippen LogP contribution in [0.1, 0.15) is 19.4 Å². The Morgan fingerprint density at radius 3 is 2.68 bits per heavy atom. The van der Waals surface area contributed by atoms with E-state index in [9.17, 15) is 13.2 Å². The molecule has 0 aliphatic carbocycles. The van der Waals surface area contributed by atoms with Crippen molar-refractivity contribution in [3.8, 4) is 0 Å². The summed E-state index contributed by atoms with van der Waals surface area (Å²) in [5.74, 6) is -0.0304. The summed E-state index contributed by atoms with van der Waals surface area (Å²) < 4.78 is 32.2. The third-order valence-corrected chi connectivity index (χ3v) is 5.45. The first-order valence-electron chi connectivity index (χ1n) is 7.99. The number of benzene rings is 1. The van der Waals surface area contributed by atoms with Crippen molar-refractivity contribution < 1.29 is 17.9 Å². The van der Waals surface area contributed by atoms with E-state index in [1.54, 1.807) is 30.2 Å². The highest BCUT2D eigenvalue weighted by Gasteiger charge is 2.30. The number of nitrogens with zero attached hydrogens (tertiary/aromatic N) is 1. The van der Waals surface area contributed by atoms with Gasteiger partial charge in [0, 0.05) is 45.4 Å². The summed E-state index contributed by atoms with van der Waals surface area (Å²) in [6.45, 7) is 5.58. The molecule has 2 rings (SSSR count). The van der Waals surface area contributed by atoms with Crippen molar-refractivity contribution in [2.24, 2.45) is 0 Å². The normalized spacial score (nSPS) is 16.4. The minimum atomic E-state index is -3.55. The highest BCUT2D eigenvalue weighted by molar-refractivity contribution is 7.89. The third kappa shape index (κ3) is 5.39. The summed E-state index contributed by atoms with van der Waals surface area (Å²) >= 11 is 0. The summed E-state index contributed by atoms with van der Waals surface area (Å²) in [4.78, 5) is 13.7. The molecule has 1 amide bonds. The first-order valence-corrected chi connectivity index (χ1v) is 9.47. The number of methoxy groups -OCH3 is 1. The van der Waals surface area contributed by atoms with Crippen molar-refractivity contribution >= 4 is 34.0 Å². The minimum absolute atomic E-state index is 0. The Morgan fingerprint density at radius 2 is 2.04 bits per heavy atom. The molecule has 1 atom stereocenters. The molecule has 1 aromatic carbocycles. The number of ether oxygens (including phenoxy) is 1. The highest BCUT2D eigenvalue weighted by Crippen LogP contribution is 2.33. The quantitative estimate of drug-likeness (QED) is 0.643. The molecular formula is C16H26ClN3O4S. The Balaban J connectivity index is 0.00000312. The maximum atomic E-state index is 12.4. The molecule has 1 aliphatic heterocycles. The van der Waals surface area contributed by atoms with Crippen molar-refractivity contribution in [3.05, 3.63) is 23.8 Å². The fraction of sp³-hybridized carbons (Fsp3) is 0.562. The predicted molar refractivity (Wildman–Crippen MR) is 100.0 cm³/mol. The molecule has 1 unspecified atom stereocenters. The number of carbonyl (C=O) groups is 1. The number of amides is 1. The zero-order valence-corrected chi connectivity index (χ0v) is 16.4. The fourth-order valence-electron chi connectivity index (χ4n) is 2.91. The lowest BCUT2D eigenvalue weighted by Gasteiger charge is -2.20. The number of sulfonamides is 1. The molecule has 1 aliphatic rings. The van der Waals surface area contributed by atoms with Crippen LogP contribution in [-0.4, -0.2) is 53.7 Å². The van der Waals surface area contributed by atoms with Crippen molar-refractivity contribution in [2.75, 3.05) is 38.3 Å². The molecule has 7 nitrogen and oxygen atoms in total. The maximum Gasteiger partial charge on any atom is 0.240 e. The van der Waals surface area contributed by atoms with Crippen LogP contribution in [0.25, 0.3) is 0 Å². The number of hydrogen-bond acceptors (Lipinski definition) is 5. The second-order valence-electron chi connectivity index (χ2n) is 5.87. The molecule has 25 heavy (non-hydrogen) atoms. The molecule has 0 spiro atoms. The van der Waals surface area contributed by atoms with Crippen LogP contribution in [-0.2, 0) is 26.0 Å². The molecule has 0 fully saturated rings. The summed E-state index contributed by atoms with van der Waals surface area (Å²) in [5.41, 5.74) is 1.69. The Labute approximate surface area is 155 Å². The number of anilines is 1. The van der Waals surface area contributed by atoms with Gasteiger partial charge in [-0.3, -0.25) is 4.79 Å². The van der Waals surface area contributed by atoms with E-state index < -0.39 is 10.0 Å². The smallest absolute Gasteiger partial charge is 0.240 e. The largest absolute Gasteiger partial charge is 0.383 e. The van der Waals surface area contributed by atoms with Gasteiger partial charge >= 0.3 is 0 Å². The minimum Gasteiger partial charge on any atom is -0.383 e. The zero-order chi connectivity index (χ0) is 17.7. The van der Waals surface area contributed by atoms with Crippen LogP contribution in [0.15, 0.2) is 23.1 Å². The van der Waals surface area contributed by atoms with E-state index in [-0.39, 0.29) is 29.3 Å². The maximum absolute atomic E-state index is 12.4. The van der Waals surface area contributed by atoms with E-state index in [0.29, 0.717) is 32.7 Å². The molecule has 0 saturated carbocycles. The van der Waals surface area contributed by atoms with Crippen LogP contribution in [0.5, 0.6) is 0 Å². The monoisotopic (exact) mass is 391 g/mol. The lowest BCUT2D eigenvalue weighted by Crippen LogP contribution is -2.33. The van der Waals surface area contributed by atoms with Crippen LogP contribution in [0, 0.1) is 0 Å². The van der Waals surface area contributed by atoms with Gasteiger partial charge in [0.05, 0.1) is 11.5 Å². The van der Waals surface area contributed by atoms with Crippen LogP contribution in [0.4, 0.5) is 5.69 Å². The summed E-state index contributed by atoms with van der Waals surface area (Å²) in [7, 11) is -1.94. The molecule has 0 bridgehead atoms. The van der Waals surface area contributed by atoms with Gasteiger partial charge in [0.1, 0.15) is 0 Å². The van der Waals surface area contributed by atoms with Gasteiger partial charge < -0.3 is 15.0 Å². The number of carbonyl (C=O) groups excluding carboxylic acids is 1. The standard InChI is InChI=1S/C16H25N3O4S.ClH/c1-12-10-14-11-15(4-5-16(14)19(12)13(2)20)24(21,22)18-7-6-17-8-9-23-3;/h4-5,11-12,17-18H,6-10H2,1-3H3;1H. The Hall–Kier alpha value is -1.19. The molecule has 0 aromatic heterocycles. The van der Waals surface area contributed by atoms with Crippen LogP contribution < -0.4 is 14.9 Å². The van der Waals surface area contributed by atoms with E-state index >= 15 is 0 Å². The van der Waals surface area contributed by atoms with Crippen LogP contribution in [0.2, 0.25) is 0 Å². The summed E-state index contributed by atoms with van der Waals surface area (Å²) in [6, 6.07) is 4.97. The molecule has 0 saturated heterocycles. The second-order valence-corrected chi connectivity index (χ2v) is 7.64. The van der Waals surface area contributed by atoms with E-state index in [1.807, 2.05) is 6.92 Å². The average Bonchev–Trinajstić information content (AvgIpc) is 2.85. The Morgan fingerprint density at radius 1 is 1.32 bits per heavy atom. The van der Waals surface area contributed by atoms with Gasteiger partial charge in [-0.1, -0.05) is 0 Å². The lowest BCUT2D eigenvalue weighted by atomic mass is 10.1. The highest BCUT2D eigenvalue weighted by atomic mass is 35.5. The van der Waals surface area contributed by atoms with Gasteiger partial charge in [-0.25, -0.2) is 13.1 Å². The number of fused-ring (bicyclic) bond motifs is 1. The topological polar surface area (TPSA) is 87.7 Å². The molecular weight excluding hydrogens is 366 g/mol. The van der Waals surface area contributed by atoms with Gasteiger partial charge in [0.2, 0.25) is 15.9 Å². The van der Waals surface area contributed by atoms with E-state index in [2.05, 4.69) is 10.0 Å². The number of nitrogens with one attached hydrogen (secondary N) is 2. The Bertz CT molecular complexity index is 697. The predicted octanol–water partition coefficient (Wildman–Crippen LogP) is 0.920. The summed E-state index contributed by atoms with van der Waals surface area (Å²) in [6.07, 6.45) is 0.664. The molecule has 2 N–H and O–H groups in total. The number of rotatable bonds is 8. The number of hydrogen-bond donors (Lipinski definition) is 2. The first kappa shape index (κ1) is 21.9. The van der Waals surface area contributed by atoms with Gasteiger partial charge in [0.25, 0.3) is 0 Å². The molecule has 0 radical (unpaired) electrons. The van der Waals surface area contributed by atoms with Crippen LogP contribution in [0.3, 0.4) is 0 Å². The zero-order valence-electron chi connectivity index (χ0n) is 14.7. The fourth-order valence-corrected chi connectivity index (χ4v) is 3.99. The van der Waals surface area contributed by atoms with Crippen molar-refractivity contribution in [1.82, 2.24) is 10.0 Å². The SMILES string of the molecule is COCCNCCNS(=O)(=O)c1ccc2c(c1)CC(C)N2C(C)=O.Cl. The molecule has 1 aromatic rings. The van der Waals surface area contributed by atoms with Crippen molar-refractivity contribution in [1.29, 1.82) is 0 Å². The van der Waals surface area contributed by atoms with Crippen LogP contribution >= 0.6 is 12.4 Å². The molecule has 142 valence electrons. The molecule has 1 heterocycles. The first-order chi connectivity index (χ1) is 11.4. The van der Waals surface area contributed by atoms with E-state index in [0.717, 1.165) is 11.3 Å². The van der Waals surface area contributed by atoms with Gasteiger partial charge in [-0.15, -0.1) is 12.4 Å². The van der Waals surface area contributed by atoms with Crippen molar-refractivity contribution in [3.63, 3.8) is 0 Å². The van der Waals surface area contributed by atoms with E-state index in [1.165, 1.54) is 6.92 Å². The third-order valence-electron chi connectivity index (χ3n) is 3.99. The van der Waals surface area contributed by atoms with Gasteiger partial charge in [-0.05, 0) is 37.1 Å². The summed E-state index contributed by atoms with van der Waals surface area (Å²) in [5, 5.41) is 3.08. The van der Waals surface area contributed by atoms with Crippen molar-refractivity contribution in [2.45, 2.75) is 31.2 Å². The average molecular weight is 392 g/mol. The number of halogens is 1. The van der Waals surface area contributed by atoms with Gasteiger partial charge in [0.15, 0.2) is 0 Å². The Kier molecular flexibility index (Phi) is 8.30. The molecule has 9 heteroatoms. The van der Waals surface area contributed by atoms with E-state index in [4.69, 9.17) is 4.74 Å².